The van der Waals surface area contributed by atoms with Crippen LogP contribution in [-0.2, 0) is 4.79 Å². The molecule has 0 heterocycles. The van der Waals surface area contributed by atoms with Gasteiger partial charge in [-0.1, -0.05) is 50.1 Å². The Bertz CT molecular complexity index is 456. The summed E-state index contributed by atoms with van der Waals surface area (Å²) in [5.74, 6) is -0.256. The molecule has 0 bridgehead atoms. The van der Waals surface area contributed by atoms with Gasteiger partial charge in [-0.2, -0.15) is 0 Å². The summed E-state index contributed by atoms with van der Waals surface area (Å²) in [5.41, 5.74) is 12.1. The fourth-order valence-corrected chi connectivity index (χ4v) is 2.00. The molecule has 6 nitrogen and oxygen atoms in total. The first kappa shape index (κ1) is 20.2. The molecule has 6 N–H and O–H groups in total. The third kappa shape index (κ3) is 7.28. The summed E-state index contributed by atoms with van der Waals surface area (Å²) in [7, 11) is 0. The minimum absolute atomic E-state index is 0. The minimum atomic E-state index is -0.696. The van der Waals surface area contributed by atoms with Gasteiger partial charge in [0.05, 0.1) is 0 Å². The number of carbonyl (C=O) groups is 2. The Balaban J connectivity index is 0.00000441. The lowest BCUT2D eigenvalue weighted by molar-refractivity contribution is -0.123. The molecule has 7 heteroatoms. The average molecular weight is 329 g/mol. The number of hydrogen-bond donors (Lipinski definition) is 4. The number of hydrogen-bond acceptors (Lipinski definition) is 3. The summed E-state index contributed by atoms with van der Waals surface area (Å²) in [6.07, 6.45) is 2.34. The van der Waals surface area contributed by atoms with Crippen LogP contribution < -0.4 is 22.1 Å². The number of unbranched alkanes of at least 4 members (excludes halogenated alkanes) is 1. The van der Waals surface area contributed by atoms with Crippen molar-refractivity contribution in [1.29, 1.82) is 0 Å². The standard InChI is InChI=1S/C15H24N4O2.ClH/c1-2-3-9-13(19-15(17)21)14(20)18-10-12(16)11-7-5-4-6-8-11;/h4-8,12-13H,2-3,9-10,16H2,1H3,(H,18,20)(H3,17,19,21);1H. The van der Waals surface area contributed by atoms with Crippen LogP contribution in [0.5, 0.6) is 0 Å². The van der Waals surface area contributed by atoms with Gasteiger partial charge in [0.2, 0.25) is 5.91 Å². The maximum atomic E-state index is 12.1. The van der Waals surface area contributed by atoms with E-state index in [-0.39, 0.29) is 24.4 Å². The summed E-state index contributed by atoms with van der Waals surface area (Å²) in [4.78, 5) is 23.0. The van der Waals surface area contributed by atoms with Crippen LogP contribution in [0.1, 0.15) is 37.8 Å². The van der Waals surface area contributed by atoms with Gasteiger partial charge in [0, 0.05) is 12.6 Å². The Morgan fingerprint density at radius 1 is 1.23 bits per heavy atom. The van der Waals surface area contributed by atoms with Gasteiger partial charge in [0.1, 0.15) is 6.04 Å². The molecule has 1 aromatic rings. The molecule has 0 fully saturated rings. The van der Waals surface area contributed by atoms with Crippen LogP contribution in [0.25, 0.3) is 0 Å². The zero-order valence-electron chi connectivity index (χ0n) is 12.7. The van der Waals surface area contributed by atoms with E-state index in [1.54, 1.807) is 0 Å². The zero-order valence-corrected chi connectivity index (χ0v) is 13.6. The summed E-state index contributed by atoms with van der Waals surface area (Å²) >= 11 is 0. The number of urea groups is 1. The lowest BCUT2D eigenvalue weighted by Crippen LogP contribution is -2.49. The van der Waals surface area contributed by atoms with Crippen LogP contribution in [0, 0.1) is 0 Å². The number of nitrogens with two attached hydrogens (primary N) is 2. The smallest absolute Gasteiger partial charge is 0.312 e. The van der Waals surface area contributed by atoms with Crippen LogP contribution in [0.15, 0.2) is 30.3 Å². The van der Waals surface area contributed by atoms with E-state index in [2.05, 4.69) is 10.6 Å². The van der Waals surface area contributed by atoms with Crippen molar-refractivity contribution >= 4 is 24.3 Å². The van der Waals surface area contributed by atoms with E-state index in [9.17, 15) is 9.59 Å². The SMILES string of the molecule is CCCCC(NC(N)=O)C(=O)NCC(N)c1ccccc1.Cl. The average Bonchev–Trinajstić information content (AvgIpc) is 2.49. The van der Waals surface area contributed by atoms with Crippen molar-refractivity contribution < 1.29 is 9.59 Å². The molecule has 0 saturated heterocycles. The summed E-state index contributed by atoms with van der Waals surface area (Å²) < 4.78 is 0. The molecule has 0 aliphatic rings. The number of carbonyl (C=O) groups excluding carboxylic acids is 2. The predicted octanol–water partition coefficient (Wildman–Crippen LogP) is 1.45. The minimum Gasteiger partial charge on any atom is -0.352 e. The quantitative estimate of drug-likeness (QED) is 0.579. The maximum absolute atomic E-state index is 12.1. The first-order valence-electron chi connectivity index (χ1n) is 7.18. The van der Waals surface area contributed by atoms with Crippen molar-refractivity contribution in [3.8, 4) is 0 Å². The predicted molar refractivity (Wildman–Crippen MR) is 89.7 cm³/mol. The number of amides is 3. The Hall–Kier alpha value is -1.79. The topological polar surface area (TPSA) is 110 Å². The van der Waals surface area contributed by atoms with E-state index in [1.807, 2.05) is 37.3 Å². The van der Waals surface area contributed by atoms with Crippen LogP contribution in [-0.4, -0.2) is 24.5 Å². The fourth-order valence-electron chi connectivity index (χ4n) is 2.00. The van der Waals surface area contributed by atoms with Crippen LogP contribution >= 0.6 is 12.4 Å². The number of benzene rings is 1. The number of nitrogens with one attached hydrogen (secondary N) is 2. The molecule has 1 aromatic carbocycles. The van der Waals surface area contributed by atoms with E-state index in [1.165, 1.54) is 0 Å². The van der Waals surface area contributed by atoms with Gasteiger partial charge >= 0.3 is 6.03 Å². The lowest BCUT2D eigenvalue weighted by atomic mass is 10.1. The van der Waals surface area contributed by atoms with Gasteiger partial charge < -0.3 is 22.1 Å². The lowest BCUT2D eigenvalue weighted by Gasteiger charge is -2.19. The van der Waals surface area contributed by atoms with Crippen molar-refractivity contribution in [2.75, 3.05) is 6.54 Å². The van der Waals surface area contributed by atoms with Crippen LogP contribution in [0.2, 0.25) is 0 Å². The highest BCUT2D eigenvalue weighted by Gasteiger charge is 2.19. The Morgan fingerprint density at radius 2 is 1.86 bits per heavy atom. The third-order valence-electron chi connectivity index (χ3n) is 3.20. The molecule has 1 rings (SSSR count). The van der Waals surface area contributed by atoms with Gasteiger partial charge in [-0.05, 0) is 12.0 Å². The van der Waals surface area contributed by atoms with Gasteiger partial charge in [-0.15, -0.1) is 12.4 Å². The highest BCUT2D eigenvalue weighted by molar-refractivity contribution is 5.86. The fraction of sp³-hybridized carbons (Fsp3) is 0.467. The molecule has 2 atom stereocenters. The molecule has 0 spiro atoms. The Morgan fingerprint density at radius 3 is 2.41 bits per heavy atom. The summed E-state index contributed by atoms with van der Waals surface area (Å²) in [6, 6.07) is 7.94. The number of primary amides is 1. The summed E-state index contributed by atoms with van der Waals surface area (Å²) in [5, 5.41) is 5.23. The molecule has 0 saturated carbocycles. The van der Waals surface area contributed by atoms with Gasteiger partial charge in [-0.3, -0.25) is 4.79 Å². The monoisotopic (exact) mass is 328 g/mol. The van der Waals surface area contributed by atoms with E-state index < -0.39 is 12.1 Å². The van der Waals surface area contributed by atoms with Crippen molar-refractivity contribution in [2.45, 2.75) is 38.3 Å². The van der Waals surface area contributed by atoms with Crippen molar-refractivity contribution in [3.05, 3.63) is 35.9 Å². The second kappa shape index (κ2) is 10.9. The van der Waals surface area contributed by atoms with Gasteiger partial charge in [0.25, 0.3) is 0 Å². The first-order valence-corrected chi connectivity index (χ1v) is 7.18. The normalized spacial score (nSPS) is 12.6. The van der Waals surface area contributed by atoms with E-state index >= 15 is 0 Å². The maximum Gasteiger partial charge on any atom is 0.312 e. The largest absolute Gasteiger partial charge is 0.352 e. The molecule has 3 amide bonds. The molecular formula is C15H25ClN4O2. The first-order chi connectivity index (χ1) is 10.0. The second-order valence-corrected chi connectivity index (χ2v) is 4.97. The zero-order chi connectivity index (χ0) is 15.7. The highest BCUT2D eigenvalue weighted by atomic mass is 35.5. The van der Waals surface area contributed by atoms with E-state index in [0.29, 0.717) is 13.0 Å². The van der Waals surface area contributed by atoms with Crippen LogP contribution in [0.3, 0.4) is 0 Å². The molecule has 22 heavy (non-hydrogen) atoms. The molecule has 0 aliphatic heterocycles. The molecule has 2 unspecified atom stereocenters. The van der Waals surface area contributed by atoms with Gasteiger partial charge in [0.15, 0.2) is 0 Å². The van der Waals surface area contributed by atoms with Crippen molar-refractivity contribution in [1.82, 2.24) is 10.6 Å². The number of halogens is 1. The molecule has 0 aliphatic carbocycles. The summed E-state index contributed by atoms with van der Waals surface area (Å²) in [6.45, 7) is 2.33. The Kier molecular flexibility index (Phi) is 9.98. The van der Waals surface area contributed by atoms with Gasteiger partial charge in [-0.25, -0.2) is 4.79 Å². The van der Waals surface area contributed by atoms with E-state index in [0.717, 1.165) is 18.4 Å². The molecular weight excluding hydrogens is 304 g/mol. The highest BCUT2D eigenvalue weighted by Crippen LogP contribution is 2.08. The Labute approximate surface area is 137 Å². The van der Waals surface area contributed by atoms with Crippen molar-refractivity contribution in [2.24, 2.45) is 11.5 Å². The molecule has 124 valence electrons. The van der Waals surface area contributed by atoms with Crippen LogP contribution in [0.4, 0.5) is 4.79 Å². The molecule has 0 radical (unpaired) electrons. The van der Waals surface area contributed by atoms with Crippen molar-refractivity contribution in [3.63, 3.8) is 0 Å². The molecule has 0 aromatic heterocycles. The van der Waals surface area contributed by atoms with E-state index in [4.69, 9.17) is 11.5 Å². The third-order valence-corrected chi connectivity index (χ3v) is 3.20. The second-order valence-electron chi connectivity index (χ2n) is 4.97. The number of rotatable bonds is 8.